The highest BCUT2D eigenvalue weighted by Crippen LogP contribution is 2.29. The van der Waals surface area contributed by atoms with Crippen molar-refractivity contribution in [2.75, 3.05) is 13.7 Å². The van der Waals surface area contributed by atoms with Crippen LogP contribution >= 0.6 is 11.6 Å². The predicted molar refractivity (Wildman–Crippen MR) is 127 cm³/mol. The molecule has 0 aliphatic carbocycles. The molecule has 1 atom stereocenters. The van der Waals surface area contributed by atoms with E-state index >= 15 is 0 Å². The molecule has 184 valence electrons. The highest BCUT2D eigenvalue weighted by atomic mass is 35.5. The van der Waals surface area contributed by atoms with Crippen LogP contribution < -0.4 is 4.74 Å². The topological polar surface area (TPSA) is 136 Å². The van der Waals surface area contributed by atoms with Gasteiger partial charge in [-0.1, -0.05) is 29.8 Å². The van der Waals surface area contributed by atoms with E-state index in [1.165, 1.54) is 48.5 Å². The first-order chi connectivity index (χ1) is 16.7. The highest BCUT2D eigenvalue weighted by molar-refractivity contribution is 7.89. The minimum absolute atomic E-state index is 0.0334. The fourth-order valence-corrected chi connectivity index (χ4v) is 4.90. The molecule has 35 heavy (non-hydrogen) atoms. The summed E-state index contributed by atoms with van der Waals surface area (Å²) in [5.74, 6) is -0.199. The Morgan fingerprint density at radius 2 is 1.63 bits per heavy atom. The number of hydrogen-bond acceptors (Lipinski definition) is 8. The van der Waals surface area contributed by atoms with E-state index in [9.17, 15) is 28.4 Å². The van der Waals surface area contributed by atoms with Gasteiger partial charge in [-0.25, -0.2) is 8.42 Å². The summed E-state index contributed by atoms with van der Waals surface area (Å²) in [6, 6.07) is 15.8. The number of benzene rings is 3. The molecule has 3 aromatic rings. The summed E-state index contributed by atoms with van der Waals surface area (Å²) in [4.78, 5) is 22.9. The average Bonchev–Trinajstić information content (AvgIpc) is 2.85. The maximum Gasteiger partial charge on any atom is 0.326 e. The predicted octanol–water partition coefficient (Wildman–Crippen LogP) is 3.77. The van der Waals surface area contributed by atoms with Crippen molar-refractivity contribution in [2.24, 2.45) is 0 Å². The van der Waals surface area contributed by atoms with Crippen LogP contribution in [0.5, 0.6) is 11.5 Å². The Morgan fingerprint density at radius 3 is 2.17 bits per heavy atom. The molecule has 12 heteroatoms. The zero-order valence-corrected chi connectivity index (χ0v) is 20.0. The minimum Gasteiger partial charge on any atom is -0.468 e. The van der Waals surface area contributed by atoms with Crippen molar-refractivity contribution in [3.05, 3.63) is 93.5 Å². The third-order valence-electron chi connectivity index (χ3n) is 4.99. The van der Waals surface area contributed by atoms with E-state index in [0.29, 0.717) is 20.8 Å². The highest BCUT2D eigenvalue weighted by Gasteiger charge is 2.37. The van der Waals surface area contributed by atoms with E-state index in [1.807, 2.05) is 0 Å². The molecule has 10 nitrogen and oxygen atoms in total. The number of carbonyl (C=O) groups excluding carboxylic acids is 1. The number of nitro benzene ring substituents is 1. The number of aliphatic hydroxyl groups excluding tert-OH is 1. The van der Waals surface area contributed by atoms with E-state index in [2.05, 4.69) is 4.74 Å². The molecule has 0 amide bonds. The van der Waals surface area contributed by atoms with Gasteiger partial charge in [0.15, 0.2) is 0 Å². The number of para-hydroxylation sites is 1. The van der Waals surface area contributed by atoms with Crippen LogP contribution in [0.15, 0.2) is 77.7 Å². The number of carbonyl (C=O) groups is 1. The van der Waals surface area contributed by atoms with Crippen LogP contribution in [0.3, 0.4) is 0 Å². The smallest absolute Gasteiger partial charge is 0.326 e. The van der Waals surface area contributed by atoms with Crippen LogP contribution in [0.4, 0.5) is 5.69 Å². The van der Waals surface area contributed by atoms with E-state index in [-0.39, 0.29) is 16.1 Å². The van der Waals surface area contributed by atoms with Crippen molar-refractivity contribution in [2.45, 2.75) is 17.5 Å². The molecule has 0 bridgehead atoms. The third kappa shape index (κ3) is 6.14. The van der Waals surface area contributed by atoms with Crippen LogP contribution in [-0.2, 0) is 26.1 Å². The molecular formula is C23H21ClN2O8S. The number of nitro groups is 1. The second-order valence-corrected chi connectivity index (χ2v) is 9.51. The summed E-state index contributed by atoms with van der Waals surface area (Å²) in [5, 5.41) is 21.8. The summed E-state index contributed by atoms with van der Waals surface area (Å²) < 4.78 is 38.1. The quantitative estimate of drug-likeness (QED) is 0.242. The third-order valence-corrected chi connectivity index (χ3v) is 7.11. The molecule has 1 N–H and O–H groups in total. The molecule has 0 aliphatic rings. The zero-order valence-electron chi connectivity index (χ0n) is 18.4. The van der Waals surface area contributed by atoms with E-state index in [1.54, 1.807) is 24.3 Å². The van der Waals surface area contributed by atoms with Gasteiger partial charge in [-0.3, -0.25) is 14.9 Å². The lowest BCUT2D eigenvalue weighted by Gasteiger charge is -2.28. The zero-order chi connectivity index (χ0) is 25.6. The van der Waals surface area contributed by atoms with E-state index < -0.39 is 40.1 Å². The molecular weight excluding hydrogens is 500 g/mol. The minimum atomic E-state index is -4.43. The summed E-state index contributed by atoms with van der Waals surface area (Å²) in [6.07, 6.45) is 0. The van der Waals surface area contributed by atoms with Gasteiger partial charge in [0.05, 0.1) is 23.5 Å². The maximum absolute atomic E-state index is 13.5. The summed E-state index contributed by atoms with van der Waals surface area (Å²) in [5.41, 5.74) is -0.299. The normalized spacial score (nSPS) is 12.2. The Labute approximate surface area is 206 Å². The number of aliphatic hydroxyl groups is 1. The lowest BCUT2D eigenvalue weighted by atomic mass is 10.1. The van der Waals surface area contributed by atoms with E-state index in [4.69, 9.17) is 16.3 Å². The second kappa shape index (κ2) is 11.3. The Bertz CT molecular complexity index is 1300. The van der Waals surface area contributed by atoms with Crippen molar-refractivity contribution in [3.8, 4) is 11.5 Å². The van der Waals surface area contributed by atoms with Gasteiger partial charge in [0, 0.05) is 23.2 Å². The lowest BCUT2D eigenvalue weighted by molar-refractivity contribution is -0.385. The van der Waals surface area contributed by atoms with Gasteiger partial charge in [-0.2, -0.15) is 4.31 Å². The molecule has 0 fully saturated rings. The maximum atomic E-state index is 13.5. The number of ether oxygens (including phenoxy) is 2. The van der Waals surface area contributed by atoms with Gasteiger partial charge >= 0.3 is 5.97 Å². The summed E-state index contributed by atoms with van der Waals surface area (Å²) >= 11 is 5.86. The Hall–Kier alpha value is -3.51. The van der Waals surface area contributed by atoms with E-state index in [0.717, 1.165) is 7.11 Å². The van der Waals surface area contributed by atoms with Gasteiger partial charge < -0.3 is 14.6 Å². The number of esters is 1. The van der Waals surface area contributed by atoms with Crippen LogP contribution in [0, 0.1) is 10.1 Å². The first-order valence-electron chi connectivity index (χ1n) is 10.1. The van der Waals surface area contributed by atoms with Crippen molar-refractivity contribution in [1.29, 1.82) is 0 Å². The molecule has 3 aromatic carbocycles. The molecule has 0 aromatic heterocycles. The van der Waals surface area contributed by atoms with Crippen LogP contribution in [0.2, 0.25) is 5.02 Å². The molecule has 0 spiro atoms. The number of nitrogens with zero attached hydrogens (tertiary/aromatic N) is 2. The monoisotopic (exact) mass is 520 g/mol. The fraction of sp³-hybridized carbons (Fsp3) is 0.174. The molecule has 3 rings (SSSR count). The van der Waals surface area contributed by atoms with Gasteiger partial charge in [-0.05, 0) is 48.5 Å². The van der Waals surface area contributed by atoms with Gasteiger partial charge in [0.2, 0.25) is 10.0 Å². The summed E-state index contributed by atoms with van der Waals surface area (Å²) in [6.45, 7) is -1.45. The number of hydrogen-bond donors (Lipinski definition) is 1. The molecule has 0 saturated heterocycles. The SMILES string of the molecule is COC(=O)C(CO)N(Cc1ccccc1[N+](=O)[O-])S(=O)(=O)c1ccc(Oc2ccc(Cl)cc2)cc1. The Balaban J connectivity index is 1.97. The lowest BCUT2D eigenvalue weighted by Crippen LogP contribution is -2.47. The fourth-order valence-electron chi connectivity index (χ4n) is 3.23. The second-order valence-electron chi connectivity index (χ2n) is 7.19. The Kier molecular flexibility index (Phi) is 8.41. The van der Waals surface area contributed by atoms with Crippen molar-refractivity contribution >= 4 is 33.3 Å². The number of methoxy groups -OCH3 is 1. The van der Waals surface area contributed by atoms with Gasteiger partial charge in [0.25, 0.3) is 5.69 Å². The molecule has 0 heterocycles. The molecule has 0 saturated carbocycles. The first-order valence-corrected chi connectivity index (χ1v) is 12.0. The summed E-state index contributed by atoms with van der Waals surface area (Å²) in [7, 11) is -3.38. The molecule has 1 unspecified atom stereocenters. The first kappa shape index (κ1) is 26.1. The molecule has 0 aliphatic heterocycles. The van der Waals surface area contributed by atoms with Crippen LogP contribution in [0.1, 0.15) is 5.56 Å². The van der Waals surface area contributed by atoms with Gasteiger partial charge in [-0.15, -0.1) is 0 Å². The van der Waals surface area contributed by atoms with Gasteiger partial charge in [0.1, 0.15) is 17.5 Å². The van der Waals surface area contributed by atoms with Crippen molar-refractivity contribution in [1.82, 2.24) is 4.31 Å². The van der Waals surface area contributed by atoms with Crippen molar-refractivity contribution in [3.63, 3.8) is 0 Å². The average molecular weight is 521 g/mol. The Morgan fingerprint density at radius 1 is 1.06 bits per heavy atom. The molecule has 0 radical (unpaired) electrons. The number of halogens is 1. The van der Waals surface area contributed by atoms with Crippen LogP contribution in [0.25, 0.3) is 0 Å². The largest absolute Gasteiger partial charge is 0.468 e. The number of sulfonamides is 1. The standard InChI is InChI=1S/C23H21ClN2O8S/c1-33-23(28)22(15-27)25(14-16-4-2-3-5-21(16)26(29)30)35(31,32)20-12-10-19(11-13-20)34-18-8-6-17(24)7-9-18/h2-13,22,27H,14-15H2,1H3. The number of rotatable bonds is 10. The van der Waals surface area contributed by atoms with Crippen molar-refractivity contribution < 1.29 is 32.7 Å². The van der Waals surface area contributed by atoms with Crippen LogP contribution in [-0.4, -0.2) is 48.5 Å².